The molecule has 2 N–H and O–H groups in total. The summed E-state index contributed by atoms with van der Waals surface area (Å²) in [6, 6.07) is 3.35. The summed E-state index contributed by atoms with van der Waals surface area (Å²) in [6.45, 7) is 0.234. The first kappa shape index (κ1) is 14.8. The Labute approximate surface area is 120 Å². The van der Waals surface area contributed by atoms with Gasteiger partial charge in [-0.1, -0.05) is 6.07 Å². The molecule has 0 radical (unpaired) electrons. The molecule has 2 atom stereocenters. The van der Waals surface area contributed by atoms with Crippen LogP contribution in [0.5, 0.6) is 0 Å². The molecule has 1 aromatic rings. The van der Waals surface area contributed by atoms with Gasteiger partial charge in [0.1, 0.15) is 4.75 Å². The van der Waals surface area contributed by atoms with E-state index >= 15 is 0 Å². The fraction of sp³-hybridized carbons (Fsp3) is 0.538. The van der Waals surface area contributed by atoms with Crippen LogP contribution in [0.1, 0.15) is 23.1 Å². The molecular formula is C13H15F3N2O2S. The molecule has 0 aromatic heterocycles. The maximum Gasteiger partial charge on any atom is 0.416 e. The SMILES string of the molecule is CN1Cc2ccc(C(F)(F)F)cc2C2(CC2CN)S1(=O)=O. The van der Waals surface area contributed by atoms with Crippen molar-refractivity contribution in [3.63, 3.8) is 0 Å². The average molecular weight is 320 g/mol. The lowest BCUT2D eigenvalue weighted by atomic mass is 9.97. The van der Waals surface area contributed by atoms with Crippen molar-refractivity contribution in [2.24, 2.45) is 11.7 Å². The van der Waals surface area contributed by atoms with E-state index in [1.54, 1.807) is 0 Å². The number of fused-ring (bicyclic) bond motifs is 2. The van der Waals surface area contributed by atoms with E-state index in [2.05, 4.69) is 0 Å². The second kappa shape index (κ2) is 4.21. The van der Waals surface area contributed by atoms with Gasteiger partial charge in [-0.3, -0.25) is 0 Å². The predicted octanol–water partition coefficient (Wildman–Crippen LogP) is 1.65. The molecule has 116 valence electrons. The van der Waals surface area contributed by atoms with E-state index in [9.17, 15) is 21.6 Å². The zero-order valence-electron chi connectivity index (χ0n) is 11.3. The lowest BCUT2D eigenvalue weighted by Gasteiger charge is -2.33. The first-order valence-corrected chi connectivity index (χ1v) is 7.95. The number of halogens is 3. The van der Waals surface area contributed by atoms with E-state index in [0.717, 1.165) is 12.1 Å². The minimum Gasteiger partial charge on any atom is -0.330 e. The third-order valence-corrected chi connectivity index (χ3v) is 7.08. The summed E-state index contributed by atoms with van der Waals surface area (Å²) >= 11 is 0. The first-order valence-electron chi connectivity index (χ1n) is 6.51. The highest BCUT2D eigenvalue weighted by Crippen LogP contribution is 2.61. The van der Waals surface area contributed by atoms with Gasteiger partial charge in [-0.25, -0.2) is 8.42 Å². The van der Waals surface area contributed by atoms with Gasteiger partial charge in [0, 0.05) is 13.6 Å². The highest BCUT2D eigenvalue weighted by molar-refractivity contribution is 7.90. The van der Waals surface area contributed by atoms with Crippen molar-refractivity contribution >= 4 is 10.0 Å². The Kier molecular flexibility index (Phi) is 2.96. The van der Waals surface area contributed by atoms with Crippen LogP contribution in [0.3, 0.4) is 0 Å². The second-order valence-electron chi connectivity index (χ2n) is 5.66. The average Bonchev–Trinajstić information content (AvgIpc) is 3.12. The number of benzene rings is 1. The molecule has 1 aliphatic carbocycles. The number of nitrogens with zero attached hydrogens (tertiary/aromatic N) is 1. The molecule has 0 bridgehead atoms. The Morgan fingerprint density at radius 3 is 2.62 bits per heavy atom. The maximum atomic E-state index is 12.9. The van der Waals surface area contributed by atoms with Gasteiger partial charge in [0.05, 0.1) is 5.56 Å². The first-order chi connectivity index (χ1) is 9.64. The van der Waals surface area contributed by atoms with Gasteiger partial charge in [0.25, 0.3) is 0 Å². The summed E-state index contributed by atoms with van der Waals surface area (Å²) < 4.78 is 63.8. The van der Waals surface area contributed by atoms with Crippen molar-refractivity contribution in [3.8, 4) is 0 Å². The number of hydrogen-bond donors (Lipinski definition) is 1. The molecule has 1 heterocycles. The summed E-state index contributed by atoms with van der Waals surface area (Å²) in [7, 11) is -2.23. The summed E-state index contributed by atoms with van der Waals surface area (Å²) in [5.41, 5.74) is 5.66. The number of alkyl halides is 3. The summed E-state index contributed by atoms with van der Waals surface area (Å²) in [6.07, 6.45) is -4.21. The van der Waals surface area contributed by atoms with E-state index < -0.39 is 26.5 Å². The molecule has 0 amide bonds. The van der Waals surface area contributed by atoms with Crippen molar-refractivity contribution in [2.45, 2.75) is 23.9 Å². The fourth-order valence-corrected chi connectivity index (χ4v) is 5.52. The maximum absolute atomic E-state index is 12.9. The summed E-state index contributed by atoms with van der Waals surface area (Å²) in [5.74, 6) is -0.326. The summed E-state index contributed by atoms with van der Waals surface area (Å²) in [4.78, 5) is 0. The smallest absolute Gasteiger partial charge is 0.330 e. The molecule has 1 spiro atoms. The van der Waals surface area contributed by atoms with Crippen LogP contribution in [0.4, 0.5) is 13.2 Å². The Balaban J connectivity index is 2.22. The minimum absolute atomic E-state index is 0.0921. The second-order valence-corrected chi connectivity index (χ2v) is 7.96. The van der Waals surface area contributed by atoms with E-state index in [1.807, 2.05) is 0 Å². The van der Waals surface area contributed by atoms with Crippen LogP contribution in [0.25, 0.3) is 0 Å². The predicted molar refractivity (Wildman–Crippen MR) is 70.7 cm³/mol. The normalized spacial score (nSPS) is 31.2. The summed E-state index contributed by atoms with van der Waals surface area (Å²) in [5, 5.41) is 0. The van der Waals surface area contributed by atoms with E-state index in [4.69, 9.17) is 5.73 Å². The Bertz CT molecular complexity index is 702. The van der Waals surface area contributed by atoms with Crippen LogP contribution in [-0.2, 0) is 27.5 Å². The Morgan fingerprint density at radius 2 is 2.10 bits per heavy atom. The number of rotatable bonds is 1. The number of sulfonamides is 1. The molecule has 8 heteroatoms. The third kappa shape index (κ3) is 1.85. The molecule has 1 aromatic carbocycles. The minimum atomic E-state index is -4.49. The van der Waals surface area contributed by atoms with Crippen molar-refractivity contribution < 1.29 is 21.6 Å². The molecule has 1 fully saturated rings. The molecule has 21 heavy (non-hydrogen) atoms. The molecule has 4 nitrogen and oxygen atoms in total. The lowest BCUT2D eigenvalue weighted by Crippen LogP contribution is -2.43. The third-order valence-electron chi connectivity index (χ3n) is 4.49. The highest BCUT2D eigenvalue weighted by atomic mass is 32.2. The lowest BCUT2D eigenvalue weighted by molar-refractivity contribution is -0.137. The van der Waals surface area contributed by atoms with Gasteiger partial charge >= 0.3 is 6.18 Å². The molecule has 2 unspecified atom stereocenters. The molecular weight excluding hydrogens is 305 g/mol. The molecule has 1 aliphatic heterocycles. The number of hydrogen-bond acceptors (Lipinski definition) is 3. The van der Waals surface area contributed by atoms with Crippen LogP contribution in [0, 0.1) is 5.92 Å². The standard InChI is InChI=1S/C13H15F3N2O2S/c1-18-7-8-2-3-9(13(14,15)16)4-11(8)12(21(18,19)20)5-10(12)6-17/h2-4,10H,5-7,17H2,1H3. The van der Waals surface area contributed by atoms with E-state index in [0.29, 0.717) is 5.56 Å². The van der Waals surface area contributed by atoms with Gasteiger partial charge in [-0.05, 0) is 42.1 Å². The van der Waals surface area contributed by atoms with Crippen LogP contribution < -0.4 is 5.73 Å². The van der Waals surface area contributed by atoms with Crippen molar-refractivity contribution in [1.29, 1.82) is 0 Å². The van der Waals surface area contributed by atoms with Gasteiger partial charge in [-0.15, -0.1) is 0 Å². The van der Waals surface area contributed by atoms with Crippen LogP contribution in [0.2, 0.25) is 0 Å². The van der Waals surface area contributed by atoms with E-state index in [-0.39, 0.29) is 31.0 Å². The zero-order chi connectivity index (χ0) is 15.6. The molecule has 1 saturated carbocycles. The van der Waals surface area contributed by atoms with Crippen LogP contribution >= 0.6 is 0 Å². The van der Waals surface area contributed by atoms with Crippen molar-refractivity contribution in [1.82, 2.24) is 4.31 Å². The van der Waals surface area contributed by atoms with Crippen molar-refractivity contribution in [3.05, 3.63) is 34.9 Å². The monoisotopic (exact) mass is 320 g/mol. The van der Waals surface area contributed by atoms with Crippen LogP contribution in [0.15, 0.2) is 18.2 Å². The largest absolute Gasteiger partial charge is 0.416 e. The van der Waals surface area contributed by atoms with Crippen LogP contribution in [-0.4, -0.2) is 26.3 Å². The molecule has 0 saturated heterocycles. The highest BCUT2D eigenvalue weighted by Gasteiger charge is 2.67. The topological polar surface area (TPSA) is 63.4 Å². The van der Waals surface area contributed by atoms with Gasteiger partial charge in [-0.2, -0.15) is 17.5 Å². The fourth-order valence-electron chi connectivity index (χ4n) is 3.25. The molecule has 3 rings (SSSR count). The Morgan fingerprint density at radius 1 is 1.43 bits per heavy atom. The quantitative estimate of drug-likeness (QED) is 0.856. The van der Waals surface area contributed by atoms with E-state index in [1.165, 1.54) is 17.4 Å². The Hall–Kier alpha value is -1.12. The number of nitrogens with two attached hydrogens (primary N) is 1. The van der Waals surface area contributed by atoms with Gasteiger partial charge in [0.2, 0.25) is 10.0 Å². The van der Waals surface area contributed by atoms with Gasteiger partial charge < -0.3 is 5.73 Å². The van der Waals surface area contributed by atoms with Gasteiger partial charge in [0.15, 0.2) is 0 Å². The van der Waals surface area contributed by atoms with Crippen molar-refractivity contribution in [2.75, 3.05) is 13.6 Å². The molecule has 2 aliphatic rings. The zero-order valence-corrected chi connectivity index (χ0v) is 12.1.